The summed E-state index contributed by atoms with van der Waals surface area (Å²) in [6.07, 6.45) is 1.57. The van der Waals surface area contributed by atoms with Gasteiger partial charge in [0, 0.05) is 22.0 Å². The third-order valence-corrected chi connectivity index (χ3v) is 6.54. The van der Waals surface area contributed by atoms with Crippen molar-refractivity contribution in [3.05, 3.63) is 65.2 Å². The van der Waals surface area contributed by atoms with Gasteiger partial charge in [-0.1, -0.05) is 19.1 Å². The Morgan fingerprint density at radius 3 is 2.90 bits per heavy atom. The van der Waals surface area contributed by atoms with Crippen molar-refractivity contribution in [1.82, 2.24) is 15.1 Å². The van der Waals surface area contributed by atoms with Crippen LogP contribution in [-0.4, -0.2) is 27.3 Å². The predicted octanol–water partition coefficient (Wildman–Crippen LogP) is 3.90. The average Bonchev–Trinajstić information content (AvgIpc) is 3.47. The van der Waals surface area contributed by atoms with Gasteiger partial charge in [0.25, 0.3) is 5.91 Å². The minimum absolute atomic E-state index is 0.0271. The van der Waals surface area contributed by atoms with Crippen LogP contribution in [0.4, 0.5) is 5.82 Å². The average molecular weight is 443 g/mol. The van der Waals surface area contributed by atoms with E-state index in [1.807, 2.05) is 24.3 Å². The number of hydrogen-bond donors (Lipinski definition) is 2. The van der Waals surface area contributed by atoms with Gasteiger partial charge in [-0.2, -0.15) is 16.9 Å². The number of amides is 2. The van der Waals surface area contributed by atoms with Crippen molar-refractivity contribution in [3.63, 3.8) is 0 Å². The van der Waals surface area contributed by atoms with E-state index in [9.17, 15) is 9.59 Å². The molecule has 1 aliphatic rings. The van der Waals surface area contributed by atoms with E-state index >= 15 is 0 Å². The molecule has 0 fully saturated rings. The van der Waals surface area contributed by atoms with Crippen LogP contribution < -0.4 is 10.6 Å². The van der Waals surface area contributed by atoms with E-state index in [0.717, 1.165) is 33.4 Å². The van der Waals surface area contributed by atoms with E-state index in [4.69, 9.17) is 4.42 Å². The van der Waals surface area contributed by atoms with Crippen molar-refractivity contribution < 1.29 is 14.0 Å². The van der Waals surface area contributed by atoms with E-state index in [0.29, 0.717) is 23.7 Å². The number of carbonyl (C=O) groups excluding carboxylic acids is 2. The quantitative estimate of drug-likeness (QED) is 0.514. The summed E-state index contributed by atoms with van der Waals surface area (Å²) in [5.74, 6) is 3.32. The first-order valence-corrected chi connectivity index (χ1v) is 11.8. The van der Waals surface area contributed by atoms with Crippen LogP contribution in [0.1, 0.15) is 34.3 Å². The standard InChI is InChI=1S/C21H22N4O3S2/c1-2-30-18-8-4-3-7-15(18)21(27)23-20-16-12-29-13-17(16)24-25(20)11-19(26)22-10-14-6-5-9-28-14/h3-9H,2,10-13H2,1H3,(H,22,26)(H,23,27). The molecule has 0 radical (unpaired) electrons. The summed E-state index contributed by atoms with van der Waals surface area (Å²) < 4.78 is 6.83. The molecular formula is C21H22N4O3S2. The highest BCUT2D eigenvalue weighted by Gasteiger charge is 2.25. The van der Waals surface area contributed by atoms with Crippen LogP contribution in [-0.2, 0) is 29.4 Å². The molecule has 2 amide bonds. The molecule has 1 aliphatic heterocycles. The highest BCUT2D eigenvalue weighted by molar-refractivity contribution is 7.99. The van der Waals surface area contributed by atoms with Crippen molar-refractivity contribution in [1.29, 1.82) is 0 Å². The van der Waals surface area contributed by atoms with Crippen LogP contribution in [0.25, 0.3) is 0 Å². The number of fused-ring (bicyclic) bond motifs is 1. The van der Waals surface area contributed by atoms with E-state index in [2.05, 4.69) is 22.7 Å². The lowest BCUT2D eigenvalue weighted by atomic mass is 10.2. The van der Waals surface area contributed by atoms with Crippen LogP contribution in [0.2, 0.25) is 0 Å². The van der Waals surface area contributed by atoms with Gasteiger partial charge in [0.1, 0.15) is 18.1 Å². The fourth-order valence-electron chi connectivity index (χ4n) is 3.22. The first kappa shape index (κ1) is 20.6. The third-order valence-electron chi connectivity index (χ3n) is 4.62. The number of benzene rings is 1. The minimum atomic E-state index is -0.197. The van der Waals surface area contributed by atoms with Crippen LogP contribution in [0.15, 0.2) is 52.0 Å². The molecular weight excluding hydrogens is 420 g/mol. The first-order valence-electron chi connectivity index (χ1n) is 9.64. The second-order valence-corrected chi connectivity index (χ2v) is 8.96. The second-order valence-electron chi connectivity index (χ2n) is 6.66. The van der Waals surface area contributed by atoms with Crippen LogP contribution in [0.5, 0.6) is 0 Å². The molecule has 0 aliphatic carbocycles. The van der Waals surface area contributed by atoms with Gasteiger partial charge >= 0.3 is 0 Å². The molecule has 4 rings (SSSR count). The van der Waals surface area contributed by atoms with Gasteiger partial charge in [-0.05, 0) is 30.0 Å². The molecule has 0 bridgehead atoms. The zero-order valence-electron chi connectivity index (χ0n) is 16.5. The molecule has 156 valence electrons. The highest BCUT2D eigenvalue weighted by atomic mass is 32.2. The zero-order chi connectivity index (χ0) is 20.9. The molecule has 3 aromatic rings. The van der Waals surface area contributed by atoms with Gasteiger partial charge in [0.15, 0.2) is 0 Å². The monoisotopic (exact) mass is 442 g/mol. The summed E-state index contributed by atoms with van der Waals surface area (Å²) >= 11 is 3.38. The lowest BCUT2D eigenvalue weighted by molar-refractivity contribution is -0.122. The zero-order valence-corrected chi connectivity index (χ0v) is 18.1. The van der Waals surface area contributed by atoms with E-state index in [-0.39, 0.29) is 18.4 Å². The maximum atomic E-state index is 13.0. The molecule has 0 saturated heterocycles. The van der Waals surface area contributed by atoms with Crippen molar-refractivity contribution in [3.8, 4) is 0 Å². The van der Waals surface area contributed by atoms with Gasteiger partial charge in [-0.25, -0.2) is 4.68 Å². The number of nitrogens with zero attached hydrogens (tertiary/aromatic N) is 2. The summed E-state index contributed by atoms with van der Waals surface area (Å²) in [5, 5.41) is 10.4. The number of rotatable bonds is 8. The fourth-order valence-corrected chi connectivity index (χ4v) is 5.06. The molecule has 2 aromatic heterocycles. The maximum Gasteiger partial charge on any atom is 0.257 e. The summed E-state index contributed by atoms with van der Waals surface area (Å²) in [7, 11) is 0. The van der Waals surface area contributed by atoms with Crippen LogP contribution in [0.3, 0.4) is 0 Å². The molecule has 0 spiro atoms. The SMILES string of the molecule is CCSc1ccccc1C(=O)Nc1c2c(nn1CC(=O)NCc1ccco1)CSC2. The van der Waals surface area contributed by atoms with Crippen molar-refractivity contribution in [2.75, 3.05) is 11.1 Å². The Morgan fingerprint density at radius 2 is 2.10 bits per heavy atom. The predicted molar refractivity (Wildman–Crippen MR) is 119 cm³/mol. The fraction of sp³-hybridized carbons (Fsp3) is 0.286. The number of carbonyl (C=O) groups is 2. The molecule has 2 N–H and O–H groups in total. The minimum Gasteiger partial charge on any atom is -0.467 e. The molecule has 30 heavy (non-hydrogen) atoms. The summed E-state index contributed by atoms with van der Waals surface area (Å²) in [6.45, 7) is 2.39. The normalized spacial score (nSPS) is 12.6. The van der Waals surface area contributed by atoms with Gasteiger partial charge in [0.05, 0.1) is 24.1 Å². The Labute approximate surface area is 183 Å². The Bertz CT molecular complexity index is 1050. The number of nitrogens with one attached hydrogen (secondary N) is 2. The largest absolute Gasteiger partial charge is 0.467 e. The molecule has 3 heterocycles. The number of anilines is 1. The van der Waals surface area contributed by atoms with Crippen molar-refractivity contribution in [2.45, 2.75) is 36.4 Å². The Morgan fingerprint density at radius 1 is 1.23 bits per heavy atom. The smallest absolute Gasteiger partial charge is 0.257 e. The summed E-state index contributed by atoms with van der Waals surface area (Å²) in [5.41, 5.74) is 2.54. The third kappa shape index (κ3) is 4.57. The molecule has 0 unspecified atom stereocenters. The molecule has 1 aromatic carbocycles. The van der Waals surface area contributed by atoms with Gasteiger partial charge in [-0.3, -0.25) is 9.59 Å². The van der Waals surface area contributed by atoms with Gasteiger partial charge in [0.2, 0.25) is 5.91 Å². The Kier molecular flexibility index (Phi) is 6.49. The number of hydrogen-bond acceptors (Lipinski definition) is 6. The summed E-state index contributed by atoms with van der Waals surface area (Å²) in [6, 6.07) is 11.1. The van der Waals surface area contributed by atoms with Gasteiger partial charge in [-0.15, -0.1) is 11.8 Å². The molecule has 0 atom stereocenters. The second kappa shape index (κ2) is 9.44. The lowest BCUT2D eigenvalue weighted by Gasteiger charge is -2.13. The molecule has 7 nitrogen and oxygen atoms in total. The molecule has 0 saturated carbocycles. The number of furan rings is 1. The summed E-state index contributed by atoms with van der Waals surface area (Å²) in [4.78, 5) is 26.4. The topological polar surface area (TPSA) is 89.2 Å². The Balaban J connectivity index is 1.51. The van der Waals surface area contributed by atoms with Crippen LogP contribution >= 0.6 is 23.5 Å². The highest BCUT2D eigenvalue weighted by Crippen LogP contribution is 2.35. The Hall–Kier alpha value is -2.65. The first-order chi connectivity index (χ1) is 14.7. The van der Waals surface area contributed by atoms with Crippen molar-refractivity contribution in [2.24, 2.45) is 0 Å². The van der Waals surface area contributed by atoms with E-state index < -0.39 is 0 Å². The maximum absolute atomic E-state index is 13.0. The van der Waals surface area contributed by atoms with E-state index in [1.54, 1.807) is 46.6 Å². The van der Waals surface area contributed by atoms with Gasteiger partial charge < -0.3 is 15.1 Å². The molecule has 9 heteroatoms. The number of thioether (sulfide) groups is 2. The van der Waals surface area contributed by atoms with Crippen LogP contribution in [0, 0.1) is 0 Å². The van der Waals surface area contributed by atoms with Crippen molar-refractivity contribution >= 4 is 41.2 Å². The lowest BCUT2D eigenvalue weighted by Crippen LogP contribution is -2.28. The van der Waals surface area contributed by atoms with E-state index in [1.165, 1.54) is 0 Å². The number of aromatic nitrogens is 2.